The summed E-state index contributed by atoms with van der Waals surface area (Å²) in [5.41, 5.74) is 0.975. The molecule has 1 aliphatic heterocycles. The van der Waals surface area contributed by atoms with Crippen molar-refractivity contribution >= 4 is 15.9 Å². The van der Waals surface area contributed by atoms with E-state index in [2.05, 4.69) is 15.5 Å². The Balaban J connectivity index is 2.10. The largest absolute Gasteiger partial charge is 0.383 e. The summed E-state index contributed by atoms with van der Waals surface area (Å²) in [6.07, 6.45) is 1.35. The number of ether oxygens (including phenoxy) is 1. The third-order valence-corrected chi connectivity index (χ3v) is 6.15. The number of piperidine rings is 1. The molecule has 0 saturated carbocycles. The molecule has 1 atom stereocenters. The molecular weight excluding hydrogens is 320 g/mol. The number of methoxy groups -OCH3 is 1. The highest BCUT2D eigenvalue weighted by atomic mass is 32.2. The minimum absolute atomic E-state index is 0.123. The lowest BCUT2D eigenvalue weighted by Crippen LogP contribution is -2.46. The van der Waals surface area contributed by atoms with Gasteiger partial charge in [0.25, 0.3) is 0 Å². The summed E-state index contributed by atoms with van der Waals surface area (Å²) in [5, 5.41) is 9.44. The van der Waals surface area contributed by atoms with Crippen LogP contribution >= 0.6 is 0 Å². The summed E-state index contributed by atoms with van der Waals surface area (Å²) in [4.78, 5) is 12.4. The number of hydrogen-bond acceptors (Lipinski definition) is 5. The summed E-state index contributed by atoms with van der Waals surface area (Å²) in [7, 11) is -2.07. The van der Waals surface area contributed by atoms with Crippen LogP contribution in [0.25, 0.3) is 0 Å². The predicted octanol–water partition coefficient (Wildman–Crippen LogP) is 0.190. The van der Waals surface area contributed by atoms with E-state index in [-0.39, 0.29) is 23.3 Å². The number of carbonyl (C=O) groups is 1. The van der Waals surface area contributed by atoms with Crippen molar-refractivity contribution in [2.24, 2.45) is 5.92 Å². The van der Waals surface area contributed by atoms with Gasteiger partial charge in [-0.3, -0.25) is 9.89 Å². The van der Waals surface area contributed by atoms with Crippen LogP contribution in [0.3, 0.4) is 0 Å². The topological polar surface area (TPSA) is 104 Å². The van der Waals surface area contributed by atoms with Gasteiger partial charge >= 0.3 is 0 Å². The van der Waals surface area contributed by atoms with Gasteiger partial charge in [0.15, 0.2) is 0 Å². The molecule has 0 radical (unpaired) electrons. The van der Waals surface area contributed by atoms with Crippen molar-refractivity contribution in [3.8, 4) is 0 Å². The fourth-order valence-corrected chi connectivity index (χ4v) is 4.70. The lowest BCUT2D eigenvalue weighted by Gasteiger charge is -2.31. The van der Waals surface area contributed by atoms with E-state index in [1.165, 1.54) is 4.31 Å². The van der Waals surface area contributed by atoms with Crippen molar-refractivity contribution in [3.05, 3.63) is 11.4 Å². The molecule has 1 aromatic rings. The highest BCUT2D eigenvalue weighted by Gasteiger charge is 2.35. The van der Waals surface area contributed by atoms with Crippen molar-refractivity contribution in [1.29, 1.82) is 0 Å². The van der Waals surface area contributed by atoms with Crippen molar-refractivity contribution in [2.75, 3.05) is 33.4 Å². The van der Waals surface area contributed by atoms with Gasteiger partial charge in [-0.2, -0.15) is 9.40 Å². The molecule has 2 N–H and O–H groups in total. The zero-order chi connectivity index (χ0) is 17.0. The minimum atomic E-state index is -3.64. The lowest BCUT2D eigenvalue weighted by atomic mass is 9.99. The molecule has 0 aliphatic carbocycles. The molecule has 1 amide bonds. The van der Waals surface area contributed by atoms with Gasteiger partial charge in [0.2, 0.25) is 15.9 Å². The second-order valence-corrected chi connectivity index (χ2v) is 7.62. The summed E-state index contributed by atoms with van der Waals surface area (Å²) in [6.45, 7) is 4.84. The zero-order valence-corrected chi connectivity index (χ0v) is 14.6. The van der Waals surface area contributed by atoms with Crippen LogP contribution in [-0.2, 0) is 19.6 Å². The van der Waals surface area contributed by atoms with E-state index in [9.17, 15) is 13.2 Å². The van der Waals surface area contributed by atoms with Gasteiger partial charge in [-0.15, -0.1) is 0 Å². The Labute approximate surface area is 136 Å². The van der Waals surface area contributed by atoms with Gasteiger partial charge in [0.05, 0.1) is 23.9 Å². The van der Waals surface area contributed by atoms with E-state index in [0.717, 1.165) is 0 Å². The molecule has 9 heteroatoms. The lowest BCUT2D eigenvalue weighted by molar-refractivity contribution is -0.126. The Bertz CT molecular complexity index is 636. The number of sulfonamides is 1. The first-order valence-electron chi connectivity index (χ1n) is 7.66. The first-order chi connectivity index (χ1) is 10.9. The molecule has 1 aromatic heterocycles. The summed E-state index contributed by atoms with van der Waals surface area (Å²) in [5.74, 6) is -0.453. The van der Waals surface area contributed by atoms with E-state index < -0.39 is 10.0 Å². The first-order valence-corrected chi connectivity index (χ1v) is 9.10. The zero-order valence-electron chi connectivity index (χ0n) is 13.8. The average molecular weight is 344 g/mol. The fraction of sp³-hybridized carbons (Fsp3) is 0.714. The molecule has 1 unspecified atom stereocenters. The molecular formula is C14H24N4O4S. The molecule has 23 heavy (non-hydrogen) atoms. The molecule has 130 valence electrons. The molecule has 0 bridgehead atoms. The maximum absolute atomic E-state index is 12.8. The molecule has 0 aromatic carbocycles. The molecule has 1 fully saturated rings. The van der Waals surface area contributed by atoms with Crippen molar-refractivity contribution < 1.29 is 17.9 Å². The second-order valence-electron chi connectivity index (χ2n) is 5.75. The molecule has 2 rings (SSSR count). The first kappa shape index (κ1) is 17.9. The predicted molar refractivity (Wildman–Crippen MR) is 84.4 cm³/mol. The normalized spacial score (nSPS) is 19.7. The van der Waals surface area contributed by atoms with Gasteiger partial charge in [-0.05, 0) is 26.7 Å². The SMILES string of the molecule is COCCNC(=O)C1CCCN(S(=O)(=O)c2c(C)n[nH]c2C)C1. The maximum Gasteiger partial charge on any atom is 0.246 e. The van der Waals surface area contributed by atoms with Crippen LogP contribution in [0.2, 0.25) is 0 Å². The number of nitrogens with zero attached hydrogens (tertiary/aromatic N) is 2. The van der Waals surface area contributed by atoms with Gasteiger partial charge in [0.1, 0.15) is 4.90 Å². The second kappa shape index (κ2) is 7.41. The van der Waals surface area contributed by atoms with Crippen LogP contribution in [-0.4, -0.2) is 62.2 Å². The van der Waals surface area contributed by atoms with E-state index in [0.29, 0.717) is 43.9 Å². The van der Waals surface area contributed by atoms with E-state index in [4.69, 9.17) is 4.74 Å². The highest BCUT2D eigenvalue weighted by molar-refractivity contribution is 7.89. The molecule has 0 spiro atoms. The van der Waals surface area contributed by atoms with Gasteiger partial charge < -0.3 is 10.1 Å². The number of rotatable bonds is 6. The Kier molecular flexibility index (Phi) is 5.77. The summed E-state index contributed by atoms with van der Waals surface area (Å²) in [6, 6.07) is 0. The highest BCUT2D eigenvalue weighted by Crippen LogP contribution is 2.26. The number of nitrogens with one attached hydrogen (secondary N) is 2. The molecule has 1 saturated heterocycles. The van der Waals surface area contributed by atoms with Crippen molar-refractivity contribution in [2.45, 2.75) is 31.6 Å². The molecule has 1 aliphatic rings. The summed E-state index contributed by atoms with van der Waals surface area (Å²) < 4.78 is 32.0. The van der Waals surface area contributed by atoms with Gasteiger partial charge in [-0.25, -0.2) is 8.42 Å². The van der Waals surface area contributed by atoms with Crippen molar-refractivity contribution in [3.63, 3.8) is 0 Å². The number of aromatic nitrogens is 2. The number of amides is 1. The van der Waals surface area contributed by atoms with Crippen LogP contribution in [0, 0.1) is 19.8 Å². The minimum Gasteiger partial charge on any atom is -0.383 e. The number of aryl methyl sites for hydroxylation is 2. The number of aromatic amines is 1. The Morgan fingerprint density at radius 1 is 1.48 bits per heavy atom. The Morgan fingerprint density at radius 3 is 2.83 bits per heavy atom. The van der Waals surface area contributed by atoms with Crippen LogP contribution in [0.15, 0.2) is 4.90 Å². The van der Waals surface area contributed by atoms with E-state index >= 15 is 0 Å². The third-order valence-electron chi connectivity index (χ3n) is 4.02. The van der Waals surface area contributed by atoms with Crippen LogP contribution < -0.4 is 5.32 Å². The van der Waals surface area contributed by atoms with Gasteiger partial charge in [0, 0.05) is 26.7 Å². The molecule has 8 nitrogen and oxygen atoms in total. The van der Waals surface area contributed by atoms with Crippen LogP contribution in [0.5, 0.6) is 0 Å². The maximum atomic E-state index is 12.8. The molecule has 2 heterocycles. The summed E-state index contributed by atoms with van der Waals surface area (Å²) >= 11 is 0. The fourth-order valence-electron chi connectivity index (χ4n) is 2.85. The van der Waals surface area contributed by atoms with E-state index in [1.54, 1.807) is 21.0 Å². The third kappa shape index (κ3) is 3.91. The Hall–Kier alpha value is -1.45. The van der Waals surface area contributed by atoms with Crippen LogP contribution in [0.1, 0.15) is 24.2 Å². The smallest absolute Gasteiger partial charge is 0.246 e. The van der Waals surface area contributed by atoms with E-state index in [1.807, 2.05) is 0 Å². The number of hydrogen-bond donors (Lipinski definition) is 2. The Morgan fingerprint density at radius 2 is 2.22 bits per heavy atom. The number of H-pyrrole nitrogens is 1. The monoisotopic (exact) mass is 344 g/mol. The average Bonchev–Trinajstić information content (AvgIpc) is 2.87. The van der Waals surface area contributed by atoms with Gasteiger partial charge in [-0.1, -0.05) is 0 Å². The standard InChI is InChI=1S/C14H24N4O4S/c1-10-13(11(2)17-16-10)23(20,21)18-7-4-5-12(9-18)14(19)15-6-8-22-3/h12H,4-9H2,1-3H3,(H,15,19)(H,16,17). The van der Waals surface area contributed by atoms with Crippen molar-refractivity contribution in [1.82, 2.24) is 19.8 Å². The number of carbonyl (C=O) groups excluding carboxylic acids is 1. The quantitative estimate of drug-likeness (QED) is 0.717. The van der Waals surface area contributed by atoms with Crippen LogP contribution in [0.4, 0.5) is 0 Å².